The summed E-state index contributed by atoms with van der Waals surface area (Å²) in [6, 6.07) is 8.33. The third kappa shape index (κ3) is 4.24. The maximum absolute atomic E-state index is 13.3. The van der Waals surface area contributed by atoms with Crippen LogP contribution in [0.15, 0.2) is 47.4 Å². The number of hydrogen-bond donors (Lipinski definition) is 1. The number of nitrogens with one attached hydrogen (secondary N) is 1. The first-order valence-corrected chi connectivity index (χ1v) is 8.00. The van der Waals surface area contributed by atoms with Gasteiger partial charge < -0.3 is 19.4 Å². The highest BCUT2D eigenvalue weighted by Crippen LogP contribution is 2.19. The molecule has 1 aliphatic heterocycles. The SMILES string of the molecule is Cn1ccc(C(=O)N[C@@H]2COCC[C@@H]2Oc2cccc(F)c2)cc1=O. The Morgan fingerprint density at radius 2 is 2.20 bits per heavy atom. The van der Waals surface area contributed by atoms with Crippen molar-refractivity contribution in [3.05, 3.63) is 64.3 Å². The topological polar surface area (TPSA) is 69.6 Å². The van der Waals surface area contributed by atoms with Crippen molar-refractivity contribution in [2.45, 2.75) is 18.6 Å². The van der Waals surface area contributed by atoms with E-state index in [0.29, 0.717) is 18.8 Å². The Kier molecular flexibility index (Phi) is 5.14. The van der Waals surface area contributed by atoms with E-state index < -0.39 is 6.04 Å². The van der Waals surface area contributed by atoms with Gasteiger partial charge in [-0.3, -0.25) is 9.59 Å². The van der Waals surface area contributed by atoms with Gasteiger partial charge >= 0.3 is 0 Å². The Balaban J connectivity index is 1.71. The molecule has 1 aromatic carbocycles. The van der Waals surface area contributed by atoms with Crippen molar-refractivity contribution in [3.8, 4) is 5.75 Å². The number of aryl methyl sites for hydroxylation is 1. The van der Waals surface area contributed by atoms with E-state index in [-0.39, 0.29) is 35.6 Å². The van der Waals surface area contributed by atoms with Gasteiger partial charge in [-0.05, 0) is 18.2 Å². The smallest absolute Gasteiger partial charge is 0.251 e. The molecular formula is C18H19FN2O4. The van der Waals surface area contributed by atoms with Gasteiger partial charge in [0.05, 0.1) is 19.3 Å². The molecule has 0 spiro atoms. The molecule has 132 valence electrons. The van der Waals surface area contributed by atoms with Gasteiger partial charge in [-0.2, -0.15) is 0 Å². The summed E-state index contributed by atoms with van der Waals surface area (Å²) in [6.07, 6.45) is 1.76. The molecule has 2 atom stereocenters. The van der Waals surface area contributed by atoms with Crippen LogP contribution in [-0.4, -0.2) is 35.8 Å². The number of carbonyl (C=O) groups excluding carboxylic acids is 1. The fourth-order valence-corrected chi connectivity index (χ4v) is 2.65. The summed E-state index contributed by atoms with van der Waals surface area (Å²) < 4.78 is 25.9. The van der Waals surface area contributed by atoms with Crippen molar-refractivity contribution in [2.24, 2.45) is 7.05 Å². The lowest BCUT2D eigenvalue weighted by atomic mass is 10.1. The maximum atomic E-state index is 13.3. The van der Waals surface area contributed by atoms with E-state index in [1.54, 1.807) is 25.2 Å². The summed E-state index contributed by atoms with van der Waals surface area (Å²) in [7, 11) is 1.61. The molecule has 0 saturated carbocycles. The van der Waals surface area contributed by atoms with Crippen LogP contribution >= 0.6 is 0 Å². The summed E-state index contributed by atoms with van der Waals surface area (Å²) in [4.78, 5) is 24.1. The average molecular weight is 346 g/mol. The molecule has 6 nitrogen and oxygen atoms in total. The van der Waals surface area contributed by atoms with Crippen LogP contribution in [0.2, 0.25) is 0 Å². The van der Waals surface area contributed by atoms with Crippen molar-refractivity contribution in [1.29, 1.82) is 0 Å². The quantitative estimate of drug-likeness (QED) is 0.911. The van der Waals surface area contributed by atoms with Crippen LogP contribution < -0.4 is 15.6 Å². The van der Waals surface area contributed by atoms with Crippen LogP contribution in [0.25, 0.3) is 0 Å². The lowest BCUT2D eigenvalue weighted by molar-refractivity contribution is -0.00297. The first kappa shape index (κ1) is 17.2. The van der Waals surface area contributed by atoms with Gasteiger partial charge in [0.1, 0.15) is 17.7 Å². The monoisotopic (exact) mass is 346 g/mol. The zero-order chi connectivity index (χ0) is 17.8. The Morgan fingerprint density at radius 3 is 2.96 bits per heavy atom. The average Bonchev–Trinajstić information content (AvgIpc) is 2.59. The lowest BCUT2D eigenvalue weighted by Gasteiger charge is -2.32. The summed E-state index contributed by atoms with van der Waals surface area (Å²) in [5.41, 5.74) is 0.0123. The number of pyridine rings is 1. The van der Waals surface area contributed by atoms with Crippen LogP contribution in [0.3, 0.4) is 0 Å². The number of nitrogens with zero attached hydrogens (tertiary/aromatic N) is 1. The molecule has 1 fully saturated rings. The number of carbonyl (C=O) groups is 1. The third-order valence-corrected chi connectivity index (χ3v) is 4.06. The fourth-order valence-electron chi connectivity index (χ4n) is 2.65. The summed E-state index contributed by atoms with van der Waals surface area (Å²) >= 11 is 0. The van der Waals surface area contributed by atoms with Crippen LogP contribution in [0.4, 0.5) is 4.39 Å². The number of amides is 1. The number of ether oxygens (including phenoxy) is 2. The Bertz CT molecular complexity index is 821. The standard InChI is InChI=1S/C18H19FN2O4/c1-21-7-5-12(9-17(21)22)18(23)20-15-11-24-8-6-16(15)25-14-4-2-3-13(19)10-14/h2-5,7,9-10,15-16H,6,8,11H2,1H3,(H,20,23)/t15-,16+/m1/s1. The molecule has 2 aromatic rings. The van der Waals surface area contributed by atoms with Gasteiger partial charge in [0.25, 0.3) is 11.5 Å². The van der Waals surface area contributed by atoms with Crippen molar-refractivity contribution < 1.29 is 18.7 Å². The van der Waals surface area contributed by atoms with Crippen LogP contribution in [-0.2, 0) is 11.8 Å². The van der Waals surface area contributed by atoms with E-state index in [0.717, 1.165) is 0 Å². The van der Waals surface area contributed by atoms with E-state index in [4.69, 9.17) is 9.47 Å². The highest BCUT2D eigenvalue weighted by Gasteiger charge is 2.29. The predicted octanol–water partition coefficient (Wildman–Crippen LogP) is 1.49. The maximum Gasteiger partial charge on any atom is 0.251 e. The van der Waals surface area contributed by atoms with E-state index >= 15 is 0 Å². The highest BCUT2D eigenvalue weighted by atomic mass is 19.1. The Hall–Kier alpha value is -2.67. The molecule has 0 aliphatic carbocycles. The van der Waals surface area contributed by atoms with E-state index in [1.807, 2.05) is 0 Å². The van der Waals surface area contributed by atoms with Crippen LogP contribution in [0.5, 0.6) is 5.75 Å². The molecule has 1 aliphatic rings. The zero-order valence-electron chi connectivity index (χ0n) is 13.8. The van der Waals surface area contributed by atoms with E-state index in [9.17, 15) is 14.0 Å². The molecule has 1 N–H and O–H groups in total. The minimum Gasteiger partial charge on any atom is -0.488 e. The second kappa shape index (κ2) is 7.48. The number of aromatic nitrogens is 1. The number of halogens is 1. The number of benzene rings is 1. The minimum atomic E-state index is -0.395. The van der Waals surface area contributed by atoms with Crippen molar-refractivity contribution in [3.63, 3.8) is 0 Å². The van der Waals surface area contributed by atoms with Crippen molar-refractivity contribution >= 4 is 5.91 Å². The van der Waals surface area contributed by atoms with Gasteiger partial charge in [0.15, 0.2) is 0 Å². The molecule has 25 heavy (non-hydrogen) atoms. The molecule has 0 radical (unpaired) electrons. The number of hydrogen-bond acceptors (Lipinski definition) is 4. The molecule has 1 saturated heterocycles. The first-order valence-electron chi connectivity index (χ1n) is 8.00. The van der Waals surface area contributed by atoms with Crippen LogP contribution in [0, 0.1) is 5.82 Å². The van der Waals surface area contributed by atoms with Gasteiger partial charge in [0.2, 0.25) is 0 Å². The number of rotatable bonds is 4. The molecule has 0 unspecified atom stereocenters. The molecule has 2 heterocycles. The molecule has 7 heteroatoms. The summed E-state index contributed by atoms with van der Waals surface area (Å²) in [5.74, 6) is -0.356. The Labute approximate surface area is 144 Å². The van der Waals surface area contributed by atoms with Crippen LogP contribution in [0.1, 0.15) is 16.8 Å². The van der Waals surface area contributed by atoms with Gasteiger partial charge in [-0.1, -0.05) is 6.07 Å². The van der Waals surface area contributed by atoms with E-state index in [1.165, 1.54) is 29.0 Å². The molecule has 1 amide bonds. The zero-order valence-corrected chi connectivity index (χ0v) is 13.8. The second-order valence-electron chi connectivity index (χ2n) is 5.92. The van der Waals surface area contributed by atoms with E-state index in [2.05, 4.69) is 5.32 Å². The van der Waals surface area contributed by atoms with Gasteiger partial charge in [-0.25, -0.2) is 4.39 Å². The molecular weight excluding hydrogens is 327 g/mol. The highest BCUT2D eigenvalue weighted by molar-refractivity contribution is 5.94. The predicted molar refractivity (Wildman–Crippen MR) is 89.2 cm³/mol. The van der Waals surface area contributed by atoms with Crippen molar-refractivity contribution in [1.82, 2.24) is 9.88 Å². The lowest BCUT2D eigenvalue weighted by Crippen LogP contribution is -2.52. The fraction of sp³-hybridized carbons (Fsp3) is 0.333. The summed E-state index contributed by atoms with van der Waals surface area (Å²) in [6.45, 7) is 0.787. The molecule has 3 rings (SSSR count). The minimum absolute atomic E-state index is 0.264. The molecule has 1 aromatic heterocycles. The van der Waals surface area contributed by atoms with Crippen molar-refractivity contribution in [2.75, 3.05) is 13.2 Å². The normalized spacial score (nSPS) is 20.1. The summed E-state index contributed by atoms with van der Waals surface area (Å²) in [5, 5.41) is 2.84. The first-order chi connectivity index (χ1) is 12.0. The largest absolute Gasteiger partial charge is 0.488 e. The third-order valence-electron chi connectivity index (χ3n) is 4.06. The second-order valence-corrected chi connectivity index (χ2v) is 5.92. The Morgan fingerprint density at radius 1 is 1.36 bits per heavy atom. The van der Waals surface area contributed by atoms with Gasteiger partial charge in [0, 0.05) is 37.4 Å². The molecule has 0 bridgehead atoms. The van der Waals surface area contributed by atoms with Gasteiger partial charge in [-0.15, -0.1) is 0 Å².